The van der Waals surface area contributed by atoms with Gasteiger partial charge in [0.15, 0.2) is 0 Å². The van der Waals surface area contributed by atoms with E-state index >= 15 is 0 Å². The molecule has 0 unspecified atom stereocenters. The minimum absolute atomic E-state index is 0.0103. The maximum atomic E-state index is 12.7. The Kier molecular flexibility index (Phi) is 5.61. The van der Waals surface area contributed by atoms with Gasteiger partial charge >= 0.3 is 0 Å². The van der Waals surface area contributed by atoms with Crippen molar-refractivity contribution < 1.29 is 13.3 Å². The number of nitro groups is 1. The van der Waals surface area contributed by atoms with E-state index in [0.29, 0.717) is 11.3 Å². The van der Waals surface area contributed by atoms with Crippen molar-refractivity contribution in [2.75, 3.05) is 0 Å². The molecule has 0 amide bonds. The molecule has 0 saturated carbocycles. The molecule has 1 heterocycles. The van der Waals surface area contributed by atoms with Gasteiger partial charge in [0.25, 0.3) is 5.69 Å². The number of para-hydroxylation sites is 1. The van der Waals surface area contributed by atoms with Gasteiger partial charge in [-0.1, -0.05) is 48.5 Å². The molecule has 31 heavy (non-hydrogen) atoms. The van der Waals surface area contributed by atoms with Crippen LogP contribution in [0.4, 0.5) is 5.69 Å². The Morgan fingerprint density at radius 1 is 0.903 bits per heavy atom. The summed E-state index contributed by atoms with van der Waals surface area (Å²) in [5.41, 5.74) is 2.90. The van der Waals surface area contributed by atoms with Crippen molar-refractivity contribution in [2.45, 2.75) is 11.4 Å². The Labute approximate surface area is 179 Å². The number of benzene rings is 3. The number of rotatable bonds is 7. The highest BCUT2D eigenvalue weighted by atomic mass is 32.2. The van der Waals surface area contributed by atoms with E-state index in [1.54, 1.807) is 10.9 Å². The van der Waals surface area contributed by atoms with Gasteiger partial charge in [0, 0.05) is 36.0 Å². The Balaban J connectivity index is 1.64. The summed E-state index contributed by atoms with van der Waals surface area (Å²) in [5.74, 6) is 0. The third-order valence-corrected chi connectivity index (χ3v) is 6.09. The van der Waals surface area contributed by atoms with Crippen molar-refractivity contribution in [3.8, 4) is 16.9 Å². The van der Waals surface area contributed by atoms with Crippen molar-refractivity contribution in [2.24, 2.45) is 0 Å². The number of aromatic nitrogens is 2. The molecular formula is C22H18N4O4S. The van der Waals surface area contributed by atoms with Crippen molar-refractivity contribution in [3.05, 3.63) is 107 Å². The molecule has 0 radical (unpaired) electrons. The molecule has 8 nitrogen and oxygen atoms in total. The summed E-state index contributed by atoms with van der Waals surface area (Å²) in [7, 11) is -3.86. The second-order valence-electron chi connectivity index (χ2n) is 6.72. The van der Waals surface area contributed by atoms with Gasteiger partial charge in [0.05, 0.1) is 21.2 Å². The fraction of sp³-hybridized carbons (Fsp3) is 0.0455. The molecule has 3 aromatic carbocycles. The number of nitrogens with one attached hydrogen (secondary N) is 1. The average molecular weight is 434 g/mol. The molecule has 0 aliphatic heterocycles. The molecule has 1 aromatic heterocycles. The van der Waals surface area contributed by atoms with Crippen LogP contribution in [0.5, 0.6) is 0 Å². The molecule has 0 fully saturated rings. The zero-order chi connectivity index (χ0) is 21.8. The first-order valence-corrected chi connectivity index (χ1v) is 10.9. The maximum Gasteiger partial charge on any atom is 0.269 e. The molecule has 0 bridgehead atoms. The van der Waals surface area contributed by atoms with Crippen LogP contribution in [-0.4, -0.2) is 23.1 Å². The Morgan fingerprint density at radius 3 is 2.13 bits per heavy atom. The first-order valence-electron chi connectivity index (χ1n) is 9.37. The van der Waals surface area contributed by atoms with E-state index in [0.717, 1.165) is 23.4 Å². The van der Waals surface area contributed by atoms with Crippen molar-refractivity contribution in [1.29, 1.82) is 0 Å². The SMILES string of the molecule is O=[N+]([O-])c1ccc(S(=O)(=O)NCc2cn(-c3ccccc3)nc2-c2ccccc2)cc1. The Morgan fingerprint density at radius 2 is 1.52 bits per heavy atom. The van der Waals surface area contributed by atoms with Gasteiger partial charge in [-0.2, -0.15) is 5.10 Å². The molecular weight excluding hydrogens is 416 g/mol. The first kappa shape index (κ1) is 20.5. The fourth-order valence-electron chi connectivity index (χ4n) is 3.09. The lowest BCUT2D eigenvalue weighted by molar-refractivity contribution is -0.384. The van der Waals surface area contributed by atoms with E-state index in [1.807, 2.05) is 60.7 Å². The van der Waals surface area contributed by atoms with E-state index in [2.05, 4.69) is 9.82 Å². The zero-order valence-electron chi connectivity index (χ0n) is 16.3. The normalized spacial score (nSPS) is 11.4. The summed E-state index contributed by atoms with van der Waals surface area (Å²) < 4.78 is 29.7. The Hall–Kier alpha value is -3.82. The predicted octanol–water partition coefficient (Wildman–Crippen LogP) is 3.93. The van der Waals surface area contributed by atoms with Crippen molar-refractivity contribution in [1.82, 2.24) is 14.5 Å². The molecule has 0 aliphatic rings. The average Bonchev–Trinajstić information content (AvgIpc) is 3.23. The number of sulfonamides is 1. The van der Waals surface area contributed by atoms with Gasteiger partial charge < -0.3 is 0 Å². The van der Waals surface area contributed by atoms with Crippen LogP contribution in [0.1, 0.15) is 5.56 Å². The maximum absolute atomic E-state index is 12.7. The van der Waals surface area contributed by atoms with Crippen LogP contribution in [-0.2, 0) is 16.6 Å². The van der Waals surface area contributed by atoms with E-state index < -0.39 is 14.9 Å². The molecule has 0 atom stereocenters. The number of hydrogen-bond acceptors (Lipinski definition) is 5. The molecule has 0 aliphatic carbocycles. The predicted molar refractivity (Wildman–Crippen MR) is 116 cm³/mol. The van der Waals surface area contributed by atoms with Crippen molar-refractivity contribution >= 4 is 15.7 Å². The minimum Gasteiger partial charge on any atom is -0.258 e. The molecule has 4 rings (SSSR count). The smallest absolute Gasteiger partial charge is 0.258 e. The van der Waals surface area contributed by atoms with Gasteiger partial charge in [-0.05, 0) is 24.3 Å². The van der Waals surface area contributed by atoms with Crippen LogP contribution in [0.2, 0.25) is 0 Å². The monoisotopic (exact) mass is 434 g/mol. The van der Waals surface area contributed by atoms with Gasteiger partial charge in [-0.3, -0.25) is 10.1 Å². The number of nitro benzene ring substituents is 1. The lowest BCUT2D eigenvalue weighted by atomic mass is 10.1. The summed E-state index contributed by atoms with van der Waals surface area (Å²) in [6, 6.07) is 23.8. The van der Waals surface area contributed by atoms with Crippen LogP contribution in [0, 0.1) is 10.1 Å². The lowest BCUT2D eigenvalue weighted by Crippen LogP contribution is -2.23. The summed E-state index contributed by atoms with van der Waals surface area (Å²) >= 11 is 0. The molecule has 0 saturated heterocycles. The third kappa shape index (κ3) is 4.52. The molecule has 1 N–H and O–H groups in total. The molecule has 156 valence electrons. The topological polar surface area (TPSA) is 107 Å². The fourth-order valence-corrected chi connectivity index (χ4v) is 4.10. The lowest BCUT2D eigenvalue weighted by Gasteiger charge is -2.07. The van der Waals surface area contributed by atoms with Crippen LogP contribution in [0.3, 0.4) is 0 Å². The van der Waals surface area contributed by atoms with E-state index in [4.69, 9.17) is 0 Å². The summed E-state index contributed by atoms with van der Waals surface area (Å²) in [6.45, 7) is 0.0103. The first-order chi connectivity index (χ1) is 14.9. The van der Waals surface area contributed by atoms with Crippen molar-refractivity contribution in [3.63, 3.8) is 0 Å². The molecule has 9 heteroatoms. The highest BCUT2D eigenvalue weighted by Crippen LogP contribution is 2.24. The number of nitrogens with zero attached hydrogens (tertiary/aromatic N) is 3. The summed E-state index contributed by atoms with van der Waals surface area (Å²) in [6.07, 6.45) is 1.79. The Bertz CT molecular complexity index is 1300. The van der Waals surface area contributed by atoms with Crippen LogP contribution < -0.4 is 4.72 Å². The van der Waals surface area contributed by atoms with E-state index in [1.165, 1.54) is 12.1 Å². The standard InChI is InChI=1S/C22H18N4O4S/c27-26(28)20-11-13-21(14-12-20)31(29,30)23-15-18-16-25(19-9-5-2-6-10-19)24-22(18)17-7-3-1-4-8-17/h1-14,16,23H,15H2. The summed E-state index contributed by atoms with van der Waals surface area (Å²) in [4.78, 5) is 10.2. The van der Waals surface area contributed by atoms with E-state index in [-0.39, 0.29) is 17.1 Å². The van der Waals surface area contributed by atoms with Gasteiger partial charge in [-0.25, -0.2) is 17.8 Å². The van der Waals surface area contributed by atoms with Gasteiger partial charge in [0.2, 0.25) is 10.0 Å². The zero-order valence-corrected chi connectivity index (χ0v) is 17.1. The highest BCUT2D eigenvalue weighted by Gasteiger charge is 2.18. The highest BCUT2D eigenvalue weighted by molar-refractivity contribution is 7.89. The van der Waals surface area contributed by atoms with Crippen LogP contribution >= 0.6 is 0 Å². The third-order valence-electron chi connectivity index (χ3n) is 4.67. The van der Waals surface area contributed by atoms with Gasteiger partial charge in [0.1, 0.15) is 0 Å². The second kappa shape index (κ2) is 8.50. The number of non-ortho nitro benzene ring substituents is 1. The largest absolute Gasteiger partial charge is 0.269 e. The quantitative estimate of drug-likeness (QED) is 0.350. The van der Waals surface area contributed by atoms with Gasteiger partial charge in [-0.15, -0.1) is 0 Å². The summed E-state index contributed by atoms with van der Waals surface area (Å²) in [5, 5.41) is 15.5. The second-order valence-corrected chi connectivity index (χ2v) is 8.49. The number of hydrogen-bond donors (Lipinski definition) is 1. The van der Waals surface area contributed by atoms with E-state index in [9.17, 15) is 18.5 Å². The molecule has 4 aromatic rings. The van der Waals surface area contributed by atoms with Crippen LogP contribution in [0.15, 0.2) is 96.0 Å². The van der Waals surface area contributed by atoms with Crippen LogP contribution in [0.25, 0.3) is 16.9 Å². The minimum atomic E-state index is -3.86. The molecule has 0 spiro atoms.